The highest BCUT2D eigenvalue weighted by atomic mass is 79.9. The molecule has 0 saturated heterocycles. The van der Waals surface area contributed by atoms with Crippen molar-refractivity contribution in [2.75, 3.05) is 0 Å². The highest BCUT2D eigenvalue weighted by molar-refractivity contribution is 9.10. The average molecular weight is 384 g/mol. The van der Waals surface area contributed by atoms with Crippen molar-refractivity contribution in [2.45, 2.75) is 19.2 Å². The van der Waals surface area contributed by atoms with Crippen LogP contribution in [0.3, 0.4) is 0 Å². The maximum absolute atomic E-state index is 6.34. The molecule has 1 aromatic heterocycles. The van der Waals surface area contributed by atoms with Crippen LogP contribution in [-0.2, 0) is 0 Å². The van der Waals surface area contributed by atoms with Crippen molar-refractivity contribution in [1.29, 1.82) is 0 Å². The van der Waals surface area contributed by atoms with Crippen LogP contribution in [0.1, 0.15) is 23.7 Å². The van der Waals surface area contributed by atoms with Crippen LogP contribution in [0, 0.1) is 6.92 Å². The molecule has 2 aromatic carbocycles. The zero-order chi connectivity index (χ0) is 15.1. The van der Waals surface area contributed by atoms with Gasteiger partial charge in [0.2, 0.25) is 0 Å². The molecule has 0 radical (unpaired) electrons. The molecule has 1 atom stereocenters. The van der Waals surface area contributed by atoms with Crippen molar-refractivity contribution < 1.29 is 0 Å². The van der Waals surface area contributed by atoms with Gasteiger partial charge in [0, 0.05) is 9.50 Å². The molecule has 0 saturated carbocycles. The fourth-order valence-corrected chi connectivity index (χ4v) is 3.45. The zero-order valence-electron chi connectivity index (χ0n) is 11.6. The van der Waals surface area contributed by atoms with Gasteiger partial charge in [0.15, 0.2) is 0 Å². The van der Waals surface area contributed by atoms with Crippen LogP contribution >= 0.6 is 39.1 Å². The molecule has 1 unspecified atom stereocenters. The lowest BCUT2D eigenvalue weighted by Gasteiger charge is -2.12. The first-order valence-electron chi connectivity index (χ1n) is 6.56. The van der Waals surface area contributed by atoms with E-state index in [0.29, 0.717) is 5.02 Å². The normalized spacial score (nSPS) is 12.8. The van der Waals surface area contributed by atoms with Crippen LogP contribution in [0.15, 0.2) is 40.9 Å². The maximum Gasteiger partial charge on any atom is 0.132 e. The number of benzene rings is 2. The molecule has 0 fully saturated rings. The summed E-state index contributed by atoms with van der Waals surface area (Å²) in [6.07, 6.45) is 0. The quantitative estimate of drug-likeness (QED) is 0.492. The Balaban J connectivity index is 2.39. The number of aryl methyl sites for hydroxylation is 1. The molecule has 0 spiro atoms. The van der Waals surface area contributed by atoms with Crippen molar-refractivity contribution in [1.82, 2.24) is 9.55 Å². The van der Waals surface area contributed by atoms with Crippen LogP contribution in [0.4, 0.5) is 0 Å². The Morgan fingerprint density at radius 3 is 2.67 bits per heavy atom. The van der Waals surface area contributed by atoms with Gasteiger partial charge >= 0.3 is 0 Å². The molecule has 0 aliphatic rings. The van der Waals surface area contributed by atoms with Crippen LogP contribution in [-0.4, -0.2) is 9.55 Å². The fourth-order valence-electron chi connectivity index (χ4n) is 2.44. The van der Waals surface area contributed by atoms with Gasteiger partial charge < -0.3 is 0 Å². The number of rotatable bonds is 2. The number of hydrogen-bond donors (Lipinski definition) is 0. The molecule has 2 nitrogen and oxygen atoms in total. The molecule has 1 heterocycles. The van der Waals surface area contributed by atoms with E-state index in [1.54, 1.807) is 0 Å². The largest absolute Gasteiger partial charge is 0.294 e. The second-order valence-electron chi connectivity index (χ2n) is 4.96. The van der Waals surface area contributed by atoms with Gasteiger partial charge in [-0.15, -0.1) is 11.6 Å². The third-order valence-corrected chi connectivity index (χ3v) is 4.48. The summed E-state index contributed by atoms with van der Waals surface area (Å²) < 4.78 is 3.00. The molecule has 0 amide bonds. The maximum atomic E-state index is 6.34. The number of fused-ring (bicyclic) bond motifs is 1. The van der Waals surface area contributed by atoms with Crippen LogP contribution in [0.25, 0.3) is 16.7 Å². The van der Waals surface area contributed by atoms with Gasteiger partial charge in [-0.1, -0.05) is 23.7 Å². The van der Waals surface area contributed by atoms with E-state index >= 15 is 0 Å². The lowest BCUT2D eigenvalue weighted by atomic mass is 10.2. The van der Waals surface area contributed by atoms with E-state index in [1.165, 1.54) is 0 Å². The van der Waals surface area contributed by atoms with E-state index in [0.717, 1.165) is 32.6 Å². The minimum absolute atomic E-state index is 0.195. The van der Waals surface area contributed by atoms with Crippen molar-refractivity contribution in [3.05, 3.63) is 57.3 Å². The molecular weight excluding hydrogens is 371 g/mol. The first kappa shape index (κ1) is 14.9. The number of halogens is 3. The molecule has 21 heavy (non-hydrogen) atoms. The summed E-state index contributed by atoms with van der Waals surface area (Å²) in [7, 11) is 0. The summed E-state index contributed by atoms with van der Waals surface area (Å²) in [5.74, 6) is 0.823. The average Bonchev–Trinajstić information content (AvgIpc) is 2.80. The van der Waals surface area contributed by atoms with Crippen LogP contribution in [0.2, 0.25) is 5.02 Å². The molecular formula is C16H13BrCl2N2. The molecule has 108 valence electrons. The molecule has 0 bridgehead atoms. The summed E-state index contributed by atoms with van der Waals surface area (Å²) >= 11 is 16.0. The van der Waals surface area contributed by atoms with Crippen LogP contribution < -0.4 is 0 Å². The fraction of sp³-hybridized carbons (Fsp3) is 0.188. The van der Waals surface area contributed by atoms with Gasteiger partial charge in [0.1, 0.15) is 5.82 Å². The SMILES string of the molecule is Cc1cccc2c1nc(C(C)Cl)n2-c1ccc(Cl)cc1Br. The van der Waals surface area contributed by atoms with Crippen molar-refractivity contribution in [3.8, 4) is 5.69 Å². The Bertz CT molecular complexity index is 825. The summed E-state index contributed by atoms with van der Waals surface area (Å²) in [6, 6.07) is 11.9. The molecule has 0 N–H and O–H groups in total. The lowest BCUT2D eigenvalue weighted by molar-refractivity contribution is 0.880. The first-order chi connectivity index (χ1) is 9.99. The zero-order valence-corrected chi connectivity index (χ0v) is 14.7. The third kappa shape index (κ3) is 2.59. The molecule has 0 aliphatic heterocycles. The molecule has 5 heteroatoms. The number of nitrogens with zero attached hydrogens (tertiary/aromatic N) is 2. The summed E-state index contributed by atoms with van der Waals surface area (Å²) in [4.78, 5) is 4.73. The number of hydrogen-bond acceptors (Lipinski definition) is 1. The van der Waals surface area contributed by atoms with Gasteiger partial charge in [-0.3, -0.25) is 4.57 Å². The summed E-state index contributed by atoms with van der Waals surface area (Å²) in [5.41, 5.74) is 4.13. The predicted molar refractivity (Wildman–Crippen MR) is 92.8 cm³/mol. The second-order valence-corrected chi connectivity index (χ2v) is 6.91. The van der Waals surface area contributed by atoms with Gasteiger partial charge in [-0.25, -0.2) is 4.98 Å². The van der Waals surface area contributed by atoms with E-state index in [-0.39, 0.29) is 5.38 Å². The number of para-hydroxylation sites is 1. The van der Waals surface area contributed by atoms with Crippen molar-refractivity contribution in [2.24, 2.45) is 0 Å². The Morgan fingerprint density at radius 1 is 1.24 bits per heavy atom. The van der Waals surface area contributed by atoms with E-state index in [1.807, 2.05) is 31.2 Å². The molecule has 0 aliphatic carbocycles. The van der Waals surface area contributed by atoms with Gasteiger partial charge in [-0.2, -0.15) is 0 Å². The standard InChI is InChI=1S/C16H13BrCl2N2/c1-9-4-3-5-14-15(9)20-16(10(2)18)21(14)13-7-6-11(19)8-12(13)17/h3-8,10H,1-2H3. The lowest BCUT2D eigenvalue weighted by Crippen LogP contribution is -2.02. The second kappa shape index (κ2) is 5.64. The highest BCUT2D eigenvalue weighted by Gasteiger charge is 2.18. The van der Waals surface area contributed by atoms with E-state index < -0.39 is 0 Å². The highest BCUT2D eigenvalue weighted by Crippen LogP contribution is 2.33. The number of imidazole rings is 1. The first-order valence-corrected chi connectivity index (χ1v) is 8.17. The van der Waals surface area contributed by atoms with Gasteiger partial charge in [0.25, 0.3) is 0 Å². The topological polar surface area (TPSA) is 17.8 Å². The van der Waals surface area contributed by atoms with Crippen LogP contribution in [0.5, 0.6) is 0 Å². The summed E-state index contributed by atoms with van der Waals surface area (Å²) in [5, 5.41) is 0.492. The van der Waals surface area contributed by atoms with E-state index in [4.69, 9.17) is 28.2 Å². The van der Waals surface area contributed by atoms with Crippen molar-refractivity contribution >= 4 is 50.2 Å². The van der Waals surface area contributed by atoms with Crippen molar-refractivity contribution in [3.63, 3.8) is 0 Å². The van der Waals surface area contributed by atoms with E-state index in [2.05, 4.69) is 39.6 Å². The minimum atomic E-state index is -0.195. The van der Waals surface area contributed by atoms with Gasteiger partial charge in [0.05, 0.1) is 22.1 Å². The van der Waals surface area contributed by atoms with E-state index in [9.17, 15) is 0 Å². The minimum Gasteiger partial charge on any atom is -0.294 e. The van der Waals surface area contributed by atoms with Gasteiger partial charge in [-0.05, 0) is 59.6 Å². The molecule has 3 aromatic rings. The number of alkyl halides is 1. The Kier molecular flexibility index (Phi) is 4.00. The predicted octanol–water partition coefficient (Wildman–Crippen LogP) is 6.05. The number of aromatic nitrogens is 2. The Hall–Kier alpha value is -1.03. The smallest absolute Gasteiger partial charge is 0.132 e. The molecule has 3 rings (SSSR count). The monoisotopic (exact) mass is 382 g/mol. The third-order valence-electron chi connectivity index (χ3n) is 3.42. The Labute approximate surface area is 141 Å². The summed E-state index contributed by atoms with van der Waals surface area (Å²) in [6.45, 7) is 3.98. The Morgan fingerprint density at radius 2 is 2.00 bits per heavy atom.